The fourth-order valence-corrected chi connectivity index (χ4v) is 0.586. The number of nitrogens with zero attached hydrogens (tertiary/aromatic N) is 1. The molecule has 0 unspecified atom stereocenters. The van der Waals surface area contributed by atoms with E-state index >= 15 is 0 Å². The standard InChI is InChI=1S/C7H17N.HI/c1-5-6-7-8(2,3)4;/h1,5-7H2,2-4H3;1H/q+1;/p-1. The van der Waals surface area contributed by atoms with E-state index in [9.17, 15) is 0 Å². The van der Waals surface area contributed by atoms with Crippen molar-refractivity contribution < 1.29 is 28.5 Å². The van der Waals surface area contributed by atoms with Gasteiger partial charge in [-0.1, -0.05) is 6.92 Å². The summed E-state index contributed by atoms with van der Waals surface area (Å²) < 4.78 is 1.06. The molecule has 0 aliphatic heterocycles. The van der Waals surface area contributed by atoms with Crippen LogP contribution in [0.2, 0.25) is 0 Å². The van der Waals surface area contributed by atoms with Crippen LogP contribution in [0.25, 0.3) is 0 Å². The van der Waals surface area contributed by atoms with Gasteiger partial charge in [-0.2, -0.15) is 0 Å². The maximum absolute atomic E-state index is 3.78. The van der Waals surface area contributed by atoms with E-state index in [2.05, 4.69) is 28.1 Å². The van der Waals surface area contributed by atoms with Crippen LogP contribution in [0.4, 0.5) is 0 Å². The van der Waals surface area contributed by atoms with Crippen molar-refractivity contribution in [2.45, 2.75) is 12.8 Å². The van der Waals surface area contributed by atoms with E-state index in [4.69, 9.17) is 0 Å². The van der Waals surface area contributed by atoms with Gasteiger partial charge in [0.2, 0.25) is 0 Å². The van der Waals surface area contributed by atoms with Crippen LogP contribution in [0, 0.1) is 6.92 Å². The van der Waals surface area contributed by atoms with Gasteiger partial charge < -0.3 is 28.5 Å². The van der Waals surface area contributed by atoms with Gasteiger partial charge in [0, 0.05) is 0 Å². The molecule has 0 heterocycles. The molecule has 0 bridgehead atoms. The third-order valence-corrected chi connectivity index (χ3v) is 1.08. The molecule has 1 radical (unpaired) electrons. The predicted octanol–water partition coefficient (Wildman–Crippen LogP) is -1.69. The molecule has 0 N–H and O–H groups in total. The first kappa shape index (κ1) is 12.4. The van der Waals surface area contributed by atoms with Crippen molar-refractivity contribution in [2.24, 2.45) is 0 Å². The average molecular weight is 242 g/mol. The second kappa shape index (κ2) is 5.47. The van der Waals surface area contributed by atoms with Crippen LogP contribution in [0.5, 0.6) is 0 Å². The van der Waals surface area contributed by atoms with Gasteiger partial charge in [0.25, 0.3) is 0 Å². The lowest BCUT2D eigenvalue weighted by Crippen LogP contribution is -3.00. The highest BCUT2D eigenvalue weighted by molar-refractivity contribution is 4.37. The molecule has 0 spiro atoms. The largest absolute Gasteiger partial charge is 1.00 e. The fraction of sp³-hybridized carbons (Fsp3) is 0.857. The van der Waals surface area contributed by atoms with E-state index in [1.807, 2.05) is 0 Å². The molecule has 0 amide bonds. The van der Waals surface area contributed by atoms with Gasteiger partial charge in [0.05, 0.1) is 27.7 Å². The number of halogens is 1. The summed E-state index contributed by atoms with van der Waals surface area (Å²) in [5.74, 6) is 0. The summed E-state index contributed by atoms with van der Waals surface area (Å²) in [6.45, 7) is 5.02. The molecule has 0 saturated carbocycles. The summed E-state index contributed by atoms with van der Waals surface area (Å²) in [4.78, 5) is 0. The summed E-state index contributed by atoms with van der Waals surface area (Å²) in [7, 11) is 6.61. The van der Waals surface area contributed by atoms with E-state index in [0.717, 1.165) is 10.9 Å². The smallest absolute Gasteiger partial charge is 0.0780 e. The van der Waals surface area contributed by atoms with Gasteiger partial charge in [-0.25, -0.2) is 0 Å². The topological polar surface area (TPSA) is 0 Å². The zero-order valence-electron chi connectivity index (χ0n) is 6.65. The molecule has 0 rings (SSSR count). The Hall–Kier alpha value is 0.690. The number of hydrogen-bond acceptors (Lipinski definition) is 0. The highest BCUT2D eigenvalue weighted by Crippen LogP contribution is 1.94. The third kappa shape index (κ3) is 12.0. The Kier molecular flexibility index (Phi) is 7.52. The Morgan fingerprint density at radius 3 is 1.78 bits per heavy atom. The number of hydrogen-bond donors (Lipinski definition) is 0. The Balaban J connectivity index is 0. The molecule has 0 saturated heterocycles. The van der Waals surface area contributed by atoms with Crippen molar-refractivity contribution in [3.05, 3.63) is 6.92 Å². The molecule has 57 valence electrons. The second-order valence-electron chi connectivity index (χ2n) is 3.22. The van der Waals surface area contributed by atoms with E-state index in [-0.39, 0.29) is 24.0 Å². The Labute approximate surface area is 76.0 Å². The molecule has 0 aromatic carbocycles. The molecular weight excluding hydrogens is 225 g/mol. The summed E-state index contributed by atoms with van der Waals surface area (Å²) in [6, 6.07) is 0. The van der Waals surface area contributed by atoms with E-state index < -0.39 is 0 Å². The Morgan fingerprint density at radius 2 is 1.67 bits per heavy atom. The summed E-state index contributed by atoms with van der Waals surface area (Å²) in [6.07, 6.45) is 2.30. The zero-order valence-corrected chi connectivity index (χ0v) is 8.81. The first-order valence-corrected chi connectivity index (χ1v) is 3.16. The van der Waals surface area contributed by atoms with Gasteiger partial charge >= 0.3 is 0 Å². The number of quaternary nitrogens is 1. The van der Waals surface area contributed by atoms with Crippen molar-refractivity contribution in [2.75, 3.05) is 27.7 Å². The minimum absolute atomic E-state index is 0. The molecule has 0 aliphatic carbocycles. The monoisotopic (exact) mass is 242 g/mol. The highest BCUT2D eigenvalue weighted by Gasteiger charge is 2.02. The average Bonchev–Trinajstić information content (AvgIpc) is 1.59. The van der Waals surface area contributed by atoms with Crippen molar-refractivity contribution in [1.29, 1.82) is 0 Å². The Bertz CT molecular complexity index is 56.4. The third-order valence-electron chi connectivity index (χ3n) is 1.08. The molecule has 0 aliphatic rings. The summed E-state index contributed by atoms with van der Waals surface area (Å²) in [5.41, 5.74) is 0. The quantitative estimate of drug-likeness (QED) is 0.409. The van der Waals surface area contributed by atoms with Crippen LogP contribution in [-0.4, -0.2) is 32.2 Å². The van der Waals surface area contributed by atoms with E-state index in [0.29, 0.717) is 0 Å². The first-order valence-electron chi connectivity index (χ1n) is 3.16. The molecule has 0 aromatic rings. The summed E-state index contributed by atoms with van der Waals surface area (Å²) >= 11 is 0. The second-order valence-corrected chi connectivity index (χ2v) is 3.22. The van der Waals surface area contributed by atoms with Crippen LogP contribution in [0.3, 0.4) is 0 Å². The SMILES string of the molecule is [CH2]CCC[N+](C)(C)C.[I-]. The van der Waals surface area contributed by atoms with Crippen LogP contribution >= 0.6 is 0 Å². The lowest BCUT2D eigenvalue weighted by atomic mass is 10.3. The first-order chi connectivity index (χ1) is 3.56. The molecule has 1 nitrogen and oxygen atoms in total. The molecule has 2 heteroatoms. The molecule has 9 heavy (non-hydrogen) atoms. The number of rotatable bonds is 3. The van der Waals surface area contributed by atoms with E-state index in [1.165, 1.54) is 13.0 Å². The van der Waals surface area contributed by atoms with Crippen molar-refractivity contribution in [3.63, 3.8) is 0 Å². The summed E-state index contributed by atoms with van der Waals surface area (Å²) in [5, 5.41) is 0. The molecule has 0 atom stereocenters. The van der Waals surface area contributed by atoms with Crippen molar-refractivity contribution in [1.82, 2.24) is 0 Å². The van der Waals surface area contributed by atoms with Gasteiger partial charge in [-0.3, -0.25) is 0 Å². The zero-order chi connectivity index (χ0) is 6.62. The van der Waals surface area contributed by atoms with Crippen LogP contribution in [0.1, 0.15) is 12.8 Å². The van der Waals surface area contributed by atoms with Gasteiger partial charge in [-0.15, -0.1) is 0 Å². The van der Waals surface area contributed by atoms with Crippen molar-refractivity contribution in [3.8, 4) is 0 Å². The van der Waals surface area contributed by atoms with Crippen LogP contribution in [-0.2, 0) is 0 Å². The predicted molar refractivity (Wildman–Crippen MR) is 37.5 cm³/mol. The van der Waals surface area contributed by atoms with E-state index in [1.54, 1.807) is 0 Å². The highest BCUT2D eigenvalue weighted by atomic mass is 127. The van der Waals surface area contributed by atoms with Gasteiger partial charge in [0.1, 0.15) is 0 Å². The van der Waals surface area contributed by atoms with Gasteiger partial charge in [0.15, 0.2) is 0 Å². The maximum atomic E-state index is 3.78. The lowest BCUT2D eigenvalue weighted by molar-refractivity contribution is -0.870. The normalized spacial score (nSPS) is 10.7. The van der Waals surface area contributed by atoms with Crippen LogP contribution in [0.15, 0.2) is 0 Å². The maximum Gasteiger partial charge on any atom is 0.0780 e. The lowest BCUT2D eigenvalue weighted by Gasteiger charge is -2.23. The minimum atomic E-state index is 0. The minimum Gasteiger partial charge on any atom is -1.00 e. The number of unbranched alkanes of at least 4 members (excludes halogenated alkanes) is 1. The molecule has 0 aromatic heterocycles. The van der Waals surface area contributed by atoms with Gasteiger partial charge in [-0.05, 0) is 12.8 Å². The fourth-order valence-electron chi connectivity index (χ4n) is 0.586. The van der Waals surface area contributed by atoms with Crippen LogP contribution < -0.4 is 24.0 Å². The molecular formula is C7H17IN. The Morgan fingerprint density at radius 1 is 1.22 bits per heavy atom. The molecule has 0 fully saturated rings. The van der Waals surface area contributed by atoms with Crippen molar-refractivity contribution >= 4 is 0 Å².